The van der Waals surface area contributed by atoms with Crippen LogP contribution in [-0.4, -0.2) is 22.2 Å². The van der Waals surface area contributed by atoms with E-state index in [4.69, 9.17) is 10.5 Å². The number of ether oxygens (including phenoxy) is 1. The first-order valence-electron chi connectivity index (χ1n) is 5.59. The minimum atomic E-state index is -0.0203. The number of hydrogen-bond acceptors (Lipinski definition) is 3. The summed E-state index contributed by atoms with van der Waals surface area (Å²) in [5.74, 6) is 0. The van der Waals surface area contributed by atoms with E-state index in [9.17, 15) is 0 Å². The topological polar surface area (TPSA) is 53.1 Å². The molecule has 1 aliphatic carbocycles. The molecule has 4 heteroatoms. The van der Waals surface area contributed by atoms with Gasteiger partial charge in [-0.05, 0) is 26.7 Å². The first-order chi connectivity index (χ1) is 7.22. The second-order valence-electron chi connectivity index (χ2n) is 4.37. The van der Waals surface area contributed by atoms with E-state index in [-0.39, 0.29) is 12.2 Å². The Balaban J connectivity index is 2.13. The van der Waals surface area contributed by atoms with Crippen molar-refractivity contribution in [2.75, 3.05) is 6.54 Å². The number of hydrogen-bond donors (Lipinski definition) is 1. The zero-order valence-corrected chi connectivity index (χ0v) is 9.39. The fourth-order valence-corrected chi connectivity index (χ4v) is 1.80. The summed E-state index contributed by atoms with van der Waals surface area (Å²) >= 11 is 0. The lowest BCUT2D eigenvalue weighted by atomic mass is 10.2. The highest BCUT2D eigenvalue weighted by atomic mass is 16.5. The maximum atomic E-state index is 5.78. The minimum absolute atomic E-state index is 0.0203. The molecule has 0 aliphatic heterocycles. The molecule has 0 radical (unpaired) electrons. The standard InChI is InChI=1S/C11H19N3O/c1-8(2)15-11(5-12)10-6-13-7-14(10)9-3-4-9/h6-9,11H,3-5,12H2,1-2H3. The van der Waals surface area contributed by atoms with Crippen LogP contribution in [0.1, 0.15) is 44.5 Å². The minimum Gasteiger partial charge on any atom is -0.368 e. The number of rotatable bonds is 5. The van der Waals surface area contributed by atoms with Gasteiger partial charge < -0.3 is 15.0 Å². The van der Waals surface area contributed by atoms with E-state index in [1.54, 1.807) is 0 Å². The van der Waals surface area contributed by atoms with Gasteiger partial charge in [0.05, 0.1) is 24.3 Å². The molecule has 0 aromatic carbocycles. The van der Waals surface area contributed by atoms with Crippen molar-refractivity contribution >= 4 is 0 Å². The van der Waals surface area contributed by atoms with Crippen molar-refractivity contribution in [3.8, 4) is 0 Å². The first kappa shape index (κ1) is 10.6. The fourth-order valence-electron chi connectivity index (χ4n) is 1.80. The van der Waals surface area contributed by atoms with E-state index in [0.29, 0.717) is 12.6 Å². The monoisotopic (exact) mass is 209 g/mol. The summed E-state index contributed by atoms with van der Waals surface area (Å²) in [6.07, 6.45) is 6.44. The summed E-state index contributed by atoms with van der Waals surface area (Å²) < 4.78 is 7.98. The molecule has 1 aromatic rings. The van der Waals surface area contributed by atoms with Crippen molar-refractivity contribution in [2.24, 2.45) is 5.73 Å². The van der Waals surface area contributed by atoms with E-state index >= 15 is 0 Å². The van der Waals surface area contributed by atoms with Gasteiger partial charge >= 0.3 is 0 Å². The zero-order chi connectivity index (χ0) is 10.8. The van der Waals surface area contributed by atoms with Crippen molar-refractivity contribution in [1.82, 2.24) is 9.55 Å². The van der Waals surface area contributed by atoms with Crippen LogP contribution in [0.2, 0.25) is 0 Å². The van der Waals surface area contributed by atoms with E-state index < -0.39 is 0 Å². The molecule has 4 nitrogen and oxygen atoms in total. The van der Waals surface area contributed by atoms with Gasteiger partial charge in [-0.25, -0.2) is 4.98 Å². The van der Waals surface area contributed by atoms with Crippen molar-refractivity contribution in [2.45, 2.75) is 44.9 Å². The van der Waals surface area contributed by atoms with Crippen molar-refractivity contribution in [1.29, 1.82) is 0 Å². The van der Waals surface area contributed by atoms with Crippen molar-refractivity contribution in [3.05, 3.63) is 18.2 Å². The number of imidazole rings is 1. The lowest BCUT2D eigenvalue weighted by Crippen LogP contribution is -2.21. The number of nitrogens with two attached hydrogens (primary N) is 1. The Labute approximate surface area is 90.4 Å². The van der Waals surface area contributed by atoms with Gasteiger partial charge in [-0.3, -0.25) is 0 Å². The van der Waals surface area contributed by atoms with Gasteiger partial charge in [0.2, 0.25) is 0 Å². The van der Waals surface area contributed by atoms with Gasteiger partial charge in [-0.1, -0.05) is 0 Å². The highest BCUT2D eigenvalue weighted by Gasteiger charge is 2.28. The molecular weight excluding hydrogens is 190 g/mol. The molecule has 1 fully saturated rings. The summed E-state index contributed by atoms with van der Waals surface area (Å²) in [5.41, 5.74) is 6.85. The zero-order valence-electron chi connectivity index (χ0n) is 9.39. The third-order valence-electron chi connectivity index (χ3n) is 2.62. The molecule has 1 saturated carbocycles. The molecule has 2 N–H and O–H groups in total. The van der Waals surface area contributed by atoms with E-state index in [1.807, 2.05) is 26.4 Å². The summed E-state index contributed by atoms with van der Waals surface area (Å²) in [7, 11) is 0. The Morgan fingerprint density at radius 2 is 2.33 bits per heavy atom. The number of nitrogens with zero attached hydrogens (tertiary/aromatic N) is 2. The molecule has 0 amide bonds. The molecule has 2 rings (SSSR count). The van der Waals surface area contributed by atoms with E-state index in [1.165, 1.54) is 12.8 Å². The van der Waals surface area contributed by atoms with Gasteiger partial charge in [0.15, 0.2) is 0 Å². The predicted molar refractivity (Wildman–Crippen MR) is 58.5 cm³/mol. The quantitative estimate of drug-likeness (QED) is 0.802. The molecule has 15 heavy (non-hydrogen) atoms. The van der Waals surface area contributed by atoms with Crippen LogP contribution in [0.3, 0.4) is 0 Å². The molecule has 0 bridgehead atoms. The molecule has 1 aromatic heterocycles. The molecule has 1 atom stereocenters. The predicted octanol–water partition coefficient (Wildman–Crippen LogP) is 1.64. The van der Waals surface area contributed by atoms with E-state index in [2.05, 4.69) is 9.55 Å². The second kappa shape index (κ2) is 4.33. The normalized spacial score (nSPS) is 18.4. The average Bonchev–Trinajstić information content (AvgIpc) is 2.93. The summed E-state index contributed by atoms with van der Waals surface area (Å²) in [6.45, 7) is 4.57. The second-order valence-corrected chi connectivity index (χ2v) is 4.37. The lowest BCUT2D eigenvalue weighted by Gasteiger charge is -2.20. The molecule has 1 heterocycles. The molecule has 1 unspecified atom stereocenters. The summed E-state index contributed by atoms with van der Waals surface area (Å²) in [4.78, 5) is 4.19. The Kier molecular flexibility index (Phi) is 3.07. The third kappa shape index (κ3) is 2.38. The van der Waals surface area contributed by atoms with Gasteiger partial charge in [0.1, 0.15) is 6.10 Å². The van der Waals surface area contributed by atoms with Gasteiger partial charge in [0.25, 0.3) is 0 Å². The molecular formula is C11H19N3O. The SMILES string of the molecule is CC(C)OC(CN)c1cncn1C1CC1. The smallest absolute Gasteiger partial charge is 0.112 e. The largest absolute Gasteiger partial charge is 0.368 e. The van der Waals surface area contributed by atoms with Gasteiger partial charge in [-0.15, -0.1) is 0 Å². The molecule has 84 valence electrons. The Morgan fingerprint density at radius 3 is 2.87 bits per heavy atom. The number of aromatic nitrogens is 2. The van der Waals surface area contributed by atoms with Gasteiger partial charge in [-0.2, -0.15) is 0 Å². The van der Waals surface area contributed by atoms with Crippen LogP contribution >= 0.6 is 0 Å². The molecule has 0 spiro atoms. The van der Waals surface area contributed by atoms with Crippen LogP contribution in [0, 0.1) is 0 Å². The van der Waals surface area contributed by atoms with Crippen LogP contribution in [0.5, 0.6) is 0 Å². The molecule has 0 saturated heterocycles. The van der Waals surface area contributed by atoms with Crippen LogP contribution in [0.25, 0.3) is 0 Å². The van der Waals surface area contributed by atoms with Crippen LogP contribution in [0.4, 0.5) is 0 Å². The van der Waals surface area contributed by atoms with E-state index in [0.717, 1.165) is 5.69 Å². The van der Waals surface area contributed by atoms with Crippen LogP contribution < -0.4 is 5.73 Å². The lowest BCUT2D eigenvalue weighted by molar-refractivity contribution is 0.00757. The average molecular weight is 209 g/mol. The van der Waals surface area contributed by atoms with Crippen molar-refractivity contribution in [3.63, 3.8) is 0 Å². The Hall–Kier alpha value is -0.870. The summed E-state index contributed by atoms with van der Waals surface area (Å²) in [6, 6.07) is 0.632. The maximum Gasteiger partial charge on any atom is 0.112 e. The molecule has 1 aliphatic rings. The van der Waals surface area contributed by atoms with Crippen molar-refractivity contribution < 1.29 is 4.74 Å². The maximum absolute atomic E-state index is 5.78. The third-order valence-corrected chi connectivity index (χ3v) is 2.62. The van der Waals surface area contributed by atoms with Gasteiger partial charge in [0, 0.05) is 12.6 Å². The Morgan fingerprint density at radius 1 is 1.60 bits per heavy atom. The first-order valence-corrected chi connectivity index (χ1v) is 5.59. The summed E-state index contributed by atoms with van der Waals surface area (Å²) in [5, 5.41) is 0. The fraction of sp³-hybridized carbons (Fsp3) is 0.727. The highest BCUT2D eigenvalue weighted by Crippen LogP contribution is 2.37. The van der Waals surface area contributed by atoms with Crippen LogP contribution in [0.15, 0.2) is 12.5 Å². The van der Waals surface area contributed by atoms with Crippen LogP contribution in [-0.2, 0) is 4.74 Å². The Bertz CT molecular complexity index is 317. The highest BCUT2D eigenvalue weighted by molar-refractivity contribution is 5.07.